The summed E-state index contributed by atoms with van der Waals surface area (Å²) >= 11 is 0. The Bertz CT molecular complexity index is 804. The summed E-state index contributed by atoms with van der Waals surface area (Å²) in [5, 5.41) is 0. The Morgan fingerprint density at radius 1 is 1.33 bits per heavy atom. The van der Waals surface area contributed by atoms with E-state index in [2.05, 4.69) is 6.58 Å². The molecule has 1 aliphatic heterocycles. The quantitative estimate of drug-likeness (QED) is 0.693. The van der Waals surface area contributed by atoms with E-state index < -0.39 is 6.10 Å². The van der Waals surface area contributed by atoms with E-state index in [0.717, 1.165) is 5.57 Å². The minimum atomic E-state index is -0.796. The van der Waals surface area contributed by atoms with Gasteiger partial charge in [0, 0.05) is 24.7 Å². The molecule has 1 aliphatic rings. The van der Waals surface area contributed by atoms with Crippen molar-refractivity contribution in [2.45, 2.75) is 19.4 Å². The summed E-state index contributed by atoms with van der Waals surface area (Å²) in [5.41, 5.74) is 8.31. The summed E-state index contributed by atoms with van der Waals surface area (Å²) in [5.74, 6) is -0.0329. The summed E-state index contributed by atoms with van der Waals surface area (Å²) in [6, 6.07) is 11.5. The SMILES string of the molecule is C=C(C)CN1C(=O)C(Cc2ccccc2F)Oc2cc(N)ccc21. The number of ether oxygens (including phenoxy) is 1. The average Bonchev–Trinajstić information content (AvgIpc) is 2.53. The molecule has 0 spiro atoms. The maximum Gasteiger partial charge on any atom is 0.268 e. The number of anilines is 2. The molecule has 0 aliphatic carbocycles. The van der Waals surface area contributed by atoms with E-state index in [4.69, 9.17) is 10.5 Å². The van der Waals surface area contributed by atoms with Gasteiger partial charge >= 0.3 is 0 Å². The van der Waals surface area contributed by atoms with Crippen LogP contribution in [0.3, 0.4) is 0 Å². The van der Waals surface area contributed by atoms with Gasteiger partial charge in [-0.2, -0.15) is 0 Å². The molecule has 2 aromatic carbocycles. The first-order valence-electron chi connectivity index (χ1n) is 7.71. The zero-order chi connectivity index (χ0) is 17.3. The highest BCUT2D eigenvalue weighted by Gasteiger charge is 2.34. The van der Waals surface area contributed by atoms with Gasteiger partial charge in [-0.3, -0.25) is 4.79 Å². The van der Waals surface area contributed by atoms with Crippen LogP contribution < -0.4 is 15.4 Å². The molecule has 0 aromatic heterocycles. The summed E-state index contributed by atoms with van der Waals surface area (Å²) in [6.07, 6.45) is -0.637. The van der Waals surface area contributed by atoms with Crippen molar-refractivity contribution in [2.24, 2.45) is 0 Å². The molecule has 0 radical (unpaired) electrons. The van der Waals surface area contributed by atoms with Gasteiger partial charge in [0.05, 0.1) is 5.69 Å². The van der Waals surface area contributed by atoms with Gasteiger partial charge in [-0.15, -0.1) is 0 Å². The van der Waals surface area contributed by atoms with Crippen LogP contribution in [0, 0.1) is 5.82 Å². The van der Waals surface area contributed by atoms with Crippen molar-refractivity contribution in [2.75, 3.05) is 17.2 Å². The number of amides is 1. The summed E-state index contributed by atoms with van der Waals surface area (Å²) in [4.78, 5) is 14.4. The minimum absolute atomic E-state index is 0.159. The highest BCUT2D eigenvalue weighted by atomic mass is 19.1. The Labute approximate surface area is 140 Å². The zero-order valence-electron chi connectivity index (χ0n) is 13.5. The van der Waals surface area contributed by atoms with E-state index in [1.54, 1.807) is 41.3 Å². The molecule has 5 heteroatoms. The van der Waals surface area contributed by atoms with Gasteiger partial charge < -0.3 is 15.4 Å². The smallest absolute Gasteiger partial charge is 0.268 e. The molecule has 24 heavy (non-hydrogen) atoms. The number of nitrogens with two attached hydrogens (primary N) is 1. The predicted octanol–water partition coefficient (Wildman–Crippen LogP) is 3.32. The fourth-order valence-corrected chi connectivity index (χ4v) is 2.77. The lowest BCUT2D eigenvalue weighted by atomic mass is 10.0. The molecule has 0 saturated heterocycles. The second-order valence-corrected chi connectivity index (χ2v) is 6.01. The van der Waals surface area contributed by atoms with Crippen LogP contribution in [0.4, 0.5) is 15.8 Å². The fraction of sp³-hybridized carbons (Fsp3) is 0.211. The van der Waals surface area contributed by atoms with Crippen molar-refractivity contribution in [3.63, 3.8) is 0 Å². The summed E-state index contributed by atoms with van der Waals surface area (Å²) in [6.45, 7) is 6.11. The van der Waals surface area contributed by atoms with Gasteiger partial charge in [-0.1, -0.05) is 30.4 Å². The second-order valence-electron chi connectivity index (χ2n) is 6.01. The number of halogens is 1. The van der Waals surface area contributed by atoms with E-state index >= 15 is 0 Å². The third-order valence-corrected chi connectivity index (χ3v) is 3.88. The van der Waals surface area contributed by atoms with Gasteiger partial charge in [0.2, 0.25) is 0 Å². The van der Waals surface area contributed by atoms with Crippen LogP contribution in [0.25, 0.3) is 0 Å². The van der Waals surface area contributed by atoms with E-state index in [1.807, 2.05) is 6.92 Å². The van der Waals surface area contributed by atoms with E-state index in [-0.39, 0.29) is 18.1 Å². The molecule has 0 fully saturated rings. The molecule has 1 atom stereocenters. The molecule has 1 unspecified atom stereocenters. The third kappa shape index (κ3) is 3.11. The third-order valence-electron chi connectivity index (χ3n) is 3.88. The first-order chi connectivity index (χ1) is 11.5. The van der Waals surface area contributed by atoms with Crippen LogP contribution >= 0.6 is 0 Å². The molecule has 4 nitrogen and oxygen atoms in total. The van der Waals surface area contributed by atoms with E-state index in [0.29, 0.717) is 29.2 Å². The number of carbonyl (C=O) groups is 1. The molecule has 2 N–H and O–H groups in total. The number of hydrogen-bond acceptors (Lipinski definition) is 3. The Morgan fingerprint density at radius 3 is 2.79 bits per heavy atom. The van der Waals surface area contributed by atoms with Gasteiger partial charge in [0.15, 0.2) is 6.10 Å². The topological polar surface area (TPSA) is 55.6 Å². The summed E-state index contributed by atoms with van der Waals surface area (Å²) in [7, 11) is 0. The largest absolute Gasteiger partial charge is 0.478 e. The van der Waals surface area contributed by atoms with E-state index in [9.17, 15) is 9.18 Å². The van der Waals surface area contributed by atoms with Crippen molar-refractivity contribution >= 4 is 17.3 Å². The standard InChI is InChI=1S/C19H19FN2O2/c1-12(2)11-22-16-8-7-14(21)10-17(16)24-18(19(22)23)9-13-5-3-4-6-15(13)20/h3-8,10,18H,1,9,11,21H2,2H3. The molecule has 1 heterocycles. The molecule has 1 amide bonds. The molecule has 124 valence electrons. The Hall–Kier alpha value is -2.82. The lowest BCUT2D eigenvalue weighted by molar-refractivity contribution is -0.126. The van der Waals surface area contributed by atoms with Crippen molar-refractivity contribution in [1.29, 1.82) is 0 Å². The maximum absolute atomic E-state index is 13.9. The van der Waals surface area contributed by atoms with E-state index in [1.165, 1.54) is 6.07 Å². The normalized spacial score (nSPS) is 16.5. The second kappa shape index (κ2) is 6.35. The number of nitrogen functional groups attached to an aromatic ring is 1. The first-order valence-corrected chi connectivity index (χ1v) is 7.71. The van der Waals surface area contributed by atoms with Crippen molar-refractivity contribution < 1.29 is 13.9 Å². The number of hydrogen-bond donors (Lipinski definition) is 1. The zero-order valence-corrected chi connectivity index (χ0v) is 13.5. The number of rotatable bonds is 4. The van der Waals surface area contributed by atoms with Crippen LogP contribution in [0.15, 0.2) is 54.6 Å². The Kier molecular flexibility index (Phi) is 4.25. The van der Waals surface area contributed by atoms with Crippen LogP contribution in [0.5, 0.6) is 5.75 Å². The van der Waals surface area contributed by atoms with Crippen molar-refractivity contribution in [3.8, 4) is 5.75 Å². The van der Waals surface area contributed by atoms with Crippen LogP contribution in [0.1, 0.15) is 12.5 Å². The van der Waals surface area contributed by atoms with Gasteiger partial charge in [0.25, 0.3) is 5.91 Å². The Balaban J connectivity index is 1.96. The fourth-order valence-electron chi connectivity index (χ4n) is 2.77. The van der Waals surface area contributed by atoms with Crippen molar-refractivity contribution in [1.82, 2.24) is 0 Å². The lowest BCUT2D eigenvalue weighted by Crippen LogP contribution is -2.47. The minimum Gasteiger partial charge on any atom is -0.478 e. The number of fused-ring (bicyclic) bond motifs is 1. The highest BCUT2D eigenvalue weighted by Crippen LogP contribution is 2.36. The van der Waals surface area contributed by atoms with Gasteiger partial charge in [0.1, 0.15) is 11.6 Å². The number of nitrogens with zero attached hydrogens (tertiary/aromatic N) is 1. The first kappa shape index (κ1) is 16.1. The number of carbonyl (C=O) groups excluding carboxylic acids is 1. The Morgan fingerprint density at radius 2 is 2.08 bits per heavy atom. The average molecular weight is 326 g/mol. The molecule has 3 rings (SSSR count). The van der Waals surface area contributed by atoms with Crippen LogP contribution in [-0.4, -0.2) is 18.6 Å². The van der Waals surface area contributed by atoms with Crippen LogP contribution in [0.2, 0.25) is 0 Å². The molecule has 2 aromatic rings. The molecular formula is C19H19FN2O2. The van der Waals surface area contributed by atoms with Gasteiger partial charge in [-0.25, -0.2) is 4.39 Å². The summed E-state index contributed by atoms with van der Waals surface area (Å²) < 4.78 is 19.8. The highest BCUT2D eigenvalue weighted by molar-refractivity contribution is 6.00. The molecular weight excluding hydrogens is 307 g/mol. The molecule has 0 saturated carbocycles. The number of benzene rings is 2. The molecule has 0 bridgehead atoms. The van der Waals surface area contributed by atoms with Crippen molar-refractivity contribution in [3.05, 3.63) is 66.0 Å². The van der Waals surface area contributed by atoms with Gasteiger partial charge in [-0.05, 0) is 30.7 Å². The van der Waals surface area contributed by atoms with Crippen LogP contribution in [-0.2, 0) is 11.2 Å². The maximum atomic E-state index is 13.9. The monoisotopic (exact) mass is 326 g/mol. The lowest BCUT2D eigenvalue weighted by Gasteiger charge is -2.34. The predicted molar refractivity (Wildman–Crippen MR) is 92.5 cm³/mol.